The summed E-state index contributed by atoms with van der Waals surface area (Å²) in [5.41, 5.74) is 0.467. The van der Waals surface area contributed by atoms with E-state index in [2.05, 4.69) is 13.8 Å². The second-order valence-corrected chi connectivity index (χ2v) is 8.16. The van der Waals surface area contributed by atoms with Crippen molar-refractivity contribution in [2.24, 2.45) is 17.8 Å². The Morgan fingerprint density at radius 3 is 2.17 bits per heavy atom. The first-order valence-electron chi connectivity index (χ1n) is 10.6. The summed E-state index contributed by atoms with van der Waals surface area (Å²) in [6.07, 6.45) is 3.05. The van der Waals surface area contributed by atoms with E-state index in [0.29, 0.717) is 28.4 Å². The number of hydrogen-bond acceptors (Lipinski definition) is 4. The van der Waals surface area contributed by atoms with Crippen LogP contribution in [-0.4, -0.2) is 11.9 Å². The SMILES string of the molecule is CC1CCCC(C(=O)Oc2cccc3cccc(OC(=O)c4ccccc4)c23)C1C. The third-order valence-electron chi connectivity index (χ3n) is 6.26. The van der Waals surface area contributed by atoms with Gasteiger partial charge in [0.05, 0.1) is 16.9 Å². The average Bonchev–Trinajstić information content (AvgIpc) is 2.76. The van der Waals surface area contributed by atoms with Crippen molar-refractivity contribution in [3.05, 3.63) is 72.3 Å². The van der Waals surface area contributed by atoms with E-state index >= 15 is 0 Å². The monoisotopic (exact) mass is 402 g/mol. The molecule has 1 aliphatic carbocycles. The van der Waals surface area contributed by atoms with Gasteiger partial charge in [-0.15, -0.1) is 0 Å². The quantitative estimate of drug-likeness (QED) is 0.394. The molecule has 3 aromatic carbocycles. The van der Waals surface area contributed by atoms with Gasteiger partial charge in [0.2, 0.25) is 0 Å². The molecule has 0 saturated heterocycles. The molecule has 1 saturated carbocycles. The molecule has 4 rings (SSSR count). The van der Waals surface area contributed by atoms with Gasteiger partial charge >= 0.3 is 11.9 Å². The summed E-state index contributed by atoms with van der Waals surface area (Å²) < 4.78 is 11.6. The van der Waals surface area contributed by atoms with Crippen LogP contribution in [0.4, 0.5) is 0 Å². The molecule has 0 heterocycles. The van der Waals surface area contributed by atoms with Crippen LogP contribution in [0, 0.1) is 17.8 Å². The van der Waals surface area contributed by atoms with Gasteiger partial charge in [0.25, 0.3) is 0 Å². The minimum absolute atomic E-state index is 0.108. The van der Waals surface area contributed by atoms with Crippen molar-refractivity contribution < 1.29 is 19.1 Å². The summed E-state index contributed by atoms with van der Waals surface area (Å²) >= 11 is 0. The summed E-state index contributed by atoms with van der Waals surface area (Å²) in [6, 6.07) is 19.8. The minimum atomic E-state index is -0.445. The molecule has 3 unspecified atom stereocenters. The second kappa shape index (κ2) is 8.70. The van der Waals surface area contributed by atoms with E-state index in [1.54, 1.807) is 36.4 Å². The number of hydrogen-bond donors (Lipinski definition) is 0. The van der Waals surface area contributed by atoms with Gasteiger partial charge in [0.15, 0.2) is 0 Å². The predicted molar refractivity (Wildman–Crippen MR) is 117 cm³/mol. The van der Waals surface area contributed by atoms with Crippen LogP contribution in [0.5, 0.6) is 11.5 Å². The maximum absolute atomic E-state index is 13.0. The first kappa shape index (κ1) is 20.1. The van der Waals surface area contributed by atoms with Crippen molar-refractivity contribution in [1.82, 2.24) is 0 Å². The fourth-order valence-electron chi connectivity index (χ4n) is 4.27. The lowest BCUT2D eigenvalue weighted by Crippen LogP contribution is -2.33. The molecule has 0 N–H and O–H groups in total. The van der Waals surface area contributed by atoms with E-state index < -0.39 is 5.97 Å². The summed E-state index contributed by atoms with van der Waals surface area (Å²) in [5, 5.41) is 1.48. The highest BCUT2D eigenvalue weighted by Crippen LogP contribution is 2.38. The van der Waals surface area contributed by atoms with Crippen LogP contribution in [0.25, 0.3) is 10.8 Å². The smallest absolute Gasteiger partial charge is 0.343 e. The lowest BCUT2D eigenvalue weighted by molar-refractivity contribution is -0.142. The molecule has 0 radical (unpaired) electrons. The van der Waals surface area contributed by atoms with E-state index in [0.717, 1.165) is 24.6 Å². The zero-order valence-electron chi connectivity index (χ0n) is 17.3. The van der Waals surface area contributed by atoms with Gasteiger partial charge < -0.3 is 9.47 Å². The molecule has 154 valence electrons. The second-order valence-electron chi connectivity index (χ2n) is 8.16. The Kier molecular flexibility index (Phi) is 5.84. The third-order valence-corrected chi connectivity index (χ3v) is 6.26. The highest BCUT2D eigenvalue weighted by atomic mass is 16.5. The van der Waals surface area contributed by atoms with Crippen LogP contribution in [0.1, 0.15) is 43.5 Å². The van der Waals surface area contributed by atoms with Gasteiger partial charge in [-0.2, -0.15) is 0 Å². The summed E-state index contributed by atoms with van der Waals surface area (Å²) in [6.45, 7) is 4.33. The van der Waals surface area contributed by atoms with Crippen molar-refractivity contribution >= 4 is 22.7 Å². The Bertz CT molecular complexity index is 1050. The topological polar surface area (TPSA) is 52.6 Å². The molecule has 3 aromatic rings. The first-order chi connectivity index (χ1) is 14.5. The van der Waals surface area contributed by atoms with Crippen molar-refractivity contribution in [3.63, 3.8) is 0 Å². The number of benzene rings is 3. The van der Waals surface area contributed by atoms with E-state index in [9.17, 15) is 9.59 Å². The summed E-state index contributed by atoms with van der Waals surface area (Å²) in [4.78, 5) is 25.6. The molecule has 1 fully saturated rings. The van der Waals surface area contributed by atoms with Gasteiger partial charge in [-0.25, -0.2) is 4.79 Å². The first-order valence-corrected chi connectivity index (χ1v) is 10.6. The Morgan fingerprint density at radius 2 is 1.47 bits per heavy atom. The van der Waals surface area contributed by atoms with E-state index in [1.807, 2.05) is 30.3 Å². The van der Waals surface area contributed by atoms with Crippen molar-refractivity contribution in [2.45, 2.75) is 33.1 Å². The molecule has 1 aliphatic rings. The number of ether oxygens (including phenoxy) is 2. The normalized spacial score (nSPS) is 21.2. The molecule has 0 aliphatic heterocycles. The fourth-order valence-corrected chi connectivity index (χ4v) is 4.27. The predicted octanol–water partition coefficient (Wildman–Crippen LogP) is 6.04. The molecule has 4 heteroatoms. The molecular formula is C26H26O4. The molecule has 0 bridgehead atoms. The maximum Gasteiger partial charge on any atom is 0.343 e. The molecule has 0 spiro atoms. The highest BCUT2D eigenvalue weighted by Gasteiger charge is 2.34. The lowest BCUT2D eigenvalue weighted by atomic mass is 9.74. The van der Waals surface area contributed by atoms with Crippen LogP contribution in [0.3, 0.4) is 0 Å². The van der Waals surface area contributed by atoms with Crippen LogP contribution < -0.4 is 9.47 Å². The minimum Gasteiger partial charge on any atom is -0.426 e. The Morgan fingerprint density at radius 1 is 0.800 bits per heavy atom. The number of carbonyl (C=O) groups excluding carboxylic acids is 2. The standard InChI is InChI=1S/C26H26O4/c1-17-9-6-14-21(18(17)2)26(28)30-23-16-8-13-19-12-7-15-22(24(19)23)29-25(27)20-10-4-3-5-11-20/h3-5,7-8,10-13,15-18,21H,6,9,14H2,1-2H3. The van der Waals surface area contributed by atoms with Crippen LogP contribution in [-0.2, 0) is 4.79 Å². The number of carbonyl (C=O) groups is 2. The third kappa shape index (κ3) is 4.09. The number of fused-ring (bicyclic) bond motifs is 1. The van der Waals surface area contributed by atoms with Crippen LogP contribution >= 0.6 is 0 Å². The zero-order valence-corrected chi connectivity index (χ0v) is 17.3. The van der Waals surface area contributed by atoms with Gasteiger partial charge in [0.1, 0.15) is 11.5 Å². The van der Waals surface area contributed by atoms with Crippen molar-refractivity contribution in [3.8, 4) is 11.5 Å². The van der Waals surface area contributed by atoms with Gasteiger partial charge in [-0.1, -0.05) is 69.2 Å². The van der Waals surface area contributed by atoms with Crippen molar-refractivity contribution in [2.75, 3.05) is 0 Å². The van der Waals surface area contributed by atoms with Crippen LogP contribution in [0.2, 0.25) is 0 Å². The maximum atomic E-state index is 13.0. The van der Waals surface area contributed by atoms with Gasteiger partial charge in [-0.05, 0) is 47.9 Å². The Labute approximate surface area is 176 Å². The molecular weight excluding hydrogens is 376 g/mol. The van der Waals surface area contributed by atoms with Gasteiger partial charge in [-0.3, -0.25) is 4.79 Å². The largest absolute Gasteiger partial charge is 0.426 e. The summed E-state index contributed by atoms with van der Waals surface area (Å²) in [5.74, 6) is 0.852. The van der Waals surface area contributed by atoms with Crippen molar-refractivity contribution in [1.29, 1.82) is 0 Å². The Hall–Kier alpha value is -3.14. The highest BCUT2D eigenvalue weighted by molar-refractivity contribution is 5.99. The van der Waals surface area contributed by atoms with E-state index in [4.69, 9.17) is 9.47 Å². The number of rotatable bonds is 4. The van der Waals surface area contributed by atoms with E-state index in [1.165, 1.54) is 0 Å². The molecule has 0 aromatic heterocycles. The average molecular weight is 402 g/mol. The summed E-state index contributed by atoms with van der Waals surface area (Å²) in [7, 11) is 0. The molecule has 30 heavy (non-hydrogen) atoms. The molecule has 3 atom stereocenters. The fraction of sp³-hybridized carbons (Fsp3) is 0.308. The molecule has 4 nitrogen and oxygen atoms in total. The molecule has 0 amide bonds. The van der Waals surface area contributed by atoms with E-state index in [-0.39, 0.29) is 17.8 Å². The zero-order chi connectivity index (χ0) is 21.1. The lowest BCUT2D eigenvalue weighted by Gasteiger charge is -2.32. The van der Waals surface area contributed by atoms with Crippen LogP contribution in [0.15, 0.2) is 66.7 Å². The van der Waals surface area contributed by atoms with Gasteiger partial charge in [0, 0.05) is 0 Å². The Balaban J connectivity index is 1.64. The number of esters is 2.